The second kappa shape index (κ2) is 14.3. The van der Waals surface area contributed by atoms with Gasteiger partial charge in [0.15, 0.2) is 0 Å². The van der Waals surface area contributed by atoms with Crippen molar-refractivity contribution in [2.75, 3.05) is 12.9 Å². The van der Waals surface area contributed by atoms with Crippen LogP contribution in [0.25, 0.3) is 0 Å². The number of halogens is 1. The van der Waals surface area contributed by atoms with Crippen LogP contribution in [0.5, 0.6) is 5.75 Å². The number of benzene rings is 3. The van der Waals surface area contributed by atoms with E-state index in [2.05, 4.69) is 5.32 Å². The summed E-state index contributed by atoms with van der Waals surface area (Å²) in [5.74, 6) is 1.21. The lowest BCUT2D eigenvalue weighted by Gasteiger charge is -2.32. The number of methoxy groups -OCH3 is 1. The van der Waals surface area contributed by atoms with Gasteiger partial charge < -0.3 is 15.0 Å². The quantitative estimate of drug-likeness (QED) is 0.260. The highest BCUT2D eigenvalue weighted by atomic mass is 35.5. The Morgan fingerprint density at radius 2 is 1.71 bits per heavy atom. The van der Waals surface area contributed by atoms with Crippen molar-refractivity contribution >= 4 is 35.2 Å². The van der Waals surface area contributed by atoms with Gasteiger partial charge in [-0.25, -0.2) is 0 Å². The van der Waals surface area contributed by atoms with Gasteiger partial charge in [0.1, 0.15) is 11.8 Å². The standard InChI is InChI=1S/C31H35ClN2O3S/c1-37-27-13-7-10-24(20-27)22-34(30(35)18-19-38-28-16-14-25(32)15-17-28)29(21-23-8-3-2-4-9-23)31(36)33-26-11-5-6-12-26/h2-4,7-10,13-17,20,26,29H,5-6,11-12,18-19,21-22H2,1H3,(H,33,36)/t29-/m1/s1. The maximum Gasteiger partial charge on any atom is 0.243 e. The average Bonchev–Trinajstić information content (AvgIpc) is 3.45. The molecule has 38 heavy (non-hydrogen) atoms. The number of nitrogens with one attached hydrogen (secondary N) is 1. The van der Waals surface area contributed by atoms with Gasteiger partial charge in [0.25, 0.3) is 0 Å². The molecule has 1 atom stereocenters. The first-order valence-electron chi connectivity index (χ1n) is 13.2. The SMILES string of the molecule is COc1cccc(CN(C(=O)CCSc2ccc(Cl)cc2)[C@H](Cc2ccccc2)C(=O)NC2CCCC2)c1. The number of hydrogen-bond acceptors (Lipinski definition) is 4. The predicted octanol–water partition coefficient (Wildman–Crippen LogP) is 6.53. The summed E-state index contributed by atoms with van der Waals surface area (Å²) >= 11 is 7.62. The second-order valence-corrected chi connectivity index (χ2v) is 11.2. The molecule has 0 bridgehead atoms. The third-order valence-electron chi connectivity index (χ3n) is 6.86. The van der Waals surface area contributed by atoms with Crippen LogP contribution in [0.4, 0.5) is 0 Å². The molecule has 0 aliphatic heterocycles. The summed E-state index contributed by atoms with van der Waals surface area (Å²) < 4.78 is 5.42. The summed E-state index contributed by atoms with van der Waals surface area (Å²) in [6.45, 7) is 0.331. The van der Waals surface area contributed by atoms with Gasteiger partial charge in [-0.15, -0.1) is 11.8 Å². The van der Waals surface area contributed by atoms with Crippen LogP contribution in [0.1, 0.15) is 43.2 Å². The number of carbonyl (C=O) groups is 2. The molecule has 1 aliphatic carbocycles. The average molecular weight is 551 g/mol. The van der Waals surface area contributed by atoms with Crippen LogP contribution in [0.15, 0.2) is 83.8 Å². The Labute approximate surface area is 234 Å². The van der Waals surface area contributed by atoms with Crippen LogP contribution in [0.3, 0.4) is 0 Å². The number of ether oxygens (including phenoxy) is 1. The Morgan fingerprint density at radius 3 is 2.42 bits per heavy atom. The zero-order valence-electron chi connectivity index (χ0n) is 21.8. The van der Waals surface area contributed by atoms with E-state index in [9.17, 15) is 9.59 Å². The van der Waals surface area contributed by atoms with Crippen molar-refractivity contribution in [1.29, 1.82) is 0 Å². The van der Waals surface area contributed by atoms with E-state index in [1.54, 1.807) is 23.8 Å². The lowest BCUT2D eigenvalue weighted by atomic mass is 10.0. The van der Waals surface area contributed by atoms with Crippen LogP contribution in [-0.4, -0.2) is 41.7 Å². The zero-order chi connectivity index (χ0) is 26.7. The van der Waals surface area contributed by atoms with Crippen LogP contribution in [0, 0.1) is 0 Å². The van der Waals surface area contributed by atoms with Crippen molar-refractivity contribution < 1.29 is 14.3 Å². The highest BCUT2D eigenvalue weighted by Crippen LogP contribution is 2.24. The second-order valence-electron chi connectivity index (χ2n) is 9.62. The van der Waals surface area contributed by atoms with E-state index in [4.69, 9.17) is 16.3 Å². The molecule has 1 N–H and O–H groups in total. The Kier molecular flexibility index (Phi) is 10.5. The number of hydrogen-bond donors (Lipinski definition) is 1. The minimum absolute atomic E-state index is 0.0446. The highest BCUT2D eigenvalue weighted by Gasteiger charge is 2.32. The third kappa shape index (κ3) is 8.27. The largest absolute Gasteiger partial charge is 0.497 e. The van der Waals surface area contributed by atoms with Crippen molar-refractivity contribution in [2.24, 2.45) is 0 Å². The summed E-state index contributed by atoms with van der Waals surface area (Å²) in [7, 11) is 1.63. The molecule has 4 rings (SSSR count). The van der Waals surface area contributed by atoms with Gasteiger partial charge in [0.2, 0.25) is 11.8 Å². The molecule has 200 valence electrons. The van der Waals surface area contributed by atoms with Crippen molar-refractivity contribution in [3.8, 4) is 5.75 Å². The molecule has 0 heterocycles. The fourth-order valence-electron chi connectivity index (χ4n) is 4.82. The first kappa shape index (κ1) is 28.1. The van der Waals surface area contributed by atoms with Crippen molar-refractivity contribution in [2.45, 2.75) is 62.0 Å². The molecule has 1 aliphatic rings. The van der Waals surface area contributed by atoms with Gasteiger partial charge in [-0.1, -0.05) is 66.9 Å². The monoisotopic (exact) mass is 550 g/mol. The summed E-state index contributed by atoms with van der Waals surface area (Å²) in [5, 5.41) is 3.94. The van der Waals surface area contributed by atoms with Crippen LogP contribution in [-0.2, 0) is 22.6 Å². The molecule has 2 amide bonds. The van der Waals surface area contributed by atoms with Crippen LogP contribution >= 0.6 is 23.4 Å². The van der Waals surface area contributed by atoms with Gasteiger partial charge in [0, 0.05) is 41.1 Å². The minimum Gasteiger partial charge on any atom is -0.497 e. The molecular weight excluding hydrogens is 516 g/mol. The predicted molar refractivity (Wildman–Crippen MR) is 155 cm³/mol. The molecule has 3 aromatic rings. The molecular formula is C31H35ClN2O3S. The molecule has 5 nitrogen and oxygen atoms in total. The number of thioether (sulfide) groups is 1. The molecule has 0 radical (unpaired) electrons. The van der Waals surface area contributed by atoms with E-state index >= 15 is 0 Å². The van der Waals surface area contributed by atoms with Crippen molar-refractivity contribution in [1.82, 2.24) is 10.2 Å². The lowest BCUT2D eigenvalue weighted by molar-refractivity contribution is -0.141. The van der Waals surface area contributed by atoms with Gasteiger partial charge in [-0.3, -0.25) is 9.59 Å². The van der Waals surface area contributed by atoms with E-state index in [1.165, 1.54) is 0 Å². The number of rotatable bonds is 12. The topological polar surface area (TPSA) is 58.6 Å². The lowest BCUT2D eigenvalue weighted by Crippen LogP contribution is -2.52. The van der Waals surface area contributed by atoms with E-state index in [0.717, 1.165) is 47.5 Å². The Balaban J connectivity index is 1.57. The van der Waals surface area contributed by atoms with E-state index in [1.807, 2.05) is 78.9 Å². The van der Waals surface area contributed by atoms with Gasteiger partial charge in [-0.2, -0.15) is 0 Å². The smallest absolute Gasteiger partial charge is 0.243 e. The van der Waals surface area contributed by atoms with Crippen LogP contribution in [0.2, 0.25) is 5.02 Å². The first-order valence-corrected chi connectivity index (χ1v) is 14.5. The van der Waals surface area contributed by atoms with Gasteiger partial charge >= 0.3 is 0 Å². The van der Waals surface area contributed by atoms with Crippen molar-refractivity contribution in [3.05, 3.63) is 95.0 Å². The third-order valence-corrected chi connectivity index (χ3v) is 8.12. The Hall–Kier alpha value is -2.96. The fourth-order valence-corrected chi connectivity index (χ4v) is 5.79. The summed E-state index contributed by atoms with van der Waals surface area (Å²) in [6.07, 6.45) is 5.01. The number of carbonyl (C=O) groups excluding carboxylic acids is 2. The molecule has 0 aromatic heterocycles. The fraction of sp³-hybridized carbons (Fsp3) is 0.355. The highest BCUT2D eigenvalue weighted by molar-refractivity contribution is 7.99. The van der Waals surface area contributed by atoms with E-state index in [-0.39, 0.29) is 17.9 Å². The molecule has 0 unspecified atom stereocenters. The molecule has 0 saturated heterocycles. The molecule has 0 spiro atoms. The summed E-state index contributed by atoms with van der Waals surface area (Å²) in [5.41, 5.74) is 1.95. The Morgan fingerprint density at radius 1 is 1.00 bits per heavy atom. The summed E-state index contributed by atoms with van der Waals surface area (Å²) in [6, 6.07) is 24.8. The number of amides is 2. The zero-order valence-corrected chi connectivity index (χ0v) is 23.3. The number of nitrogens with zero attached hydrogens (tertiary/aromatic N) is 1. The molecule has 1 fully saturated rings. The minimum atomic E-state index is -0.614. The first-order chi connectivity index (χ1) is 18.5. The van der Waals surface area contributed by atoms with Gasteiger partial charge in [0.05, 0.1) is 7.11 Å². The van der Waals surface area contributed by atoms with E-state index < -0.39 is 6.04 Å². The molecule has 3 aromatic carbocycles. The molecule has 7 heteroatoms. The normalized spacial score (nSPS) is 14.2. The van der Waals surface area contributed by atoms with Crippen molar-refractivity contribution in [3.63, 3.8) is 0 Å². The maximum absolute atomic E-state index is 13.8. The van der Waals surface area contributed by atoms with Gasteiger partial charge in [-0.05, 0) is 60.4 Å². The van der Waals surface area contributed by atoms with E-state index in [0.29, 0.717) is 30.2 Å². The van der Waals surface area contributed by atoms with Crippen LogP contribution < -0.4 is 10.1 Å². The molecule has 1 saturated carbocycles. The summed E-state index contributed by atoms with van der Waals surface area (Å²) in [4.78, 5) is 30.4. The Bertz CT molecular complexity index is 1180. The maximum atomic E-state index is 13.8.